The second-order valence-corrected chi connectivity index (χ2v) is 9.11. The monoisotopic (exact) mass is 382 g/mol. The van der Waals surface area contributed by atoms with E-state index in [0.29, 0.717) is 24.8 Å². The molecule has 0 bridgehead atoms. The molecule has 0 aliphatic heterocycles. The number of hydrogen-bond donors (Lipinski definition) is 0. The minimum atomic E-state index is -3.49. The van der Waals surface area contributed by atoms with Crippen molar-refractivity contribution in [1.29, 1.82) is 0 Å². The number of aromatic nitrogens is 3. The Morgan fingerprint density at radius 2 is 1.88 bits per heavy atom. The number of sulfonamides is 1. The van der Waals surface area contributed by atoms with E-state index in [1.54, 1.807) is 30.0 Å². The summed E-state index contributed by atoms with van der Waals surface area (Å²) in [5.41, 5.74) is 0.750. The van der Waals surface area contributed by atoms with Gasteiger partial charge < -0.3 is 4.57 Å². The standard InChI is InChI=1S/C17H26N4O2S2/c1-6-21(7-2)25(22,23)15-10-8-9-14(11-15)16-18-19-17(20(16)5)24-12-13(3)4/h8-11,13H,6-7,12H2,1-5H3. The van der Waals surface area contributed by atoms with Crippen LogP contribution in [0.3, 0.4) is 0 Å². The molecular weight excluding hydrogens is 356 g/mol. The van der Waals surface area contributed by atoms with Crippen molar-refractivity contribution in [2.24, 2.45) is 13.0 Å². The van der Waals surface area contributed by atoms with Crippen LogP contribution in [0.15, 0.2) is 34.3 Å². The van der Waals surface area contributed by atoms with Crippen molar-refractivity contribution in [2.45, 2.75) is 37.7 Å². The van der Waals surface area contributed by atoms with E-state index in [9.17, 15) is 8.42 Å². The number of hydrogen-bond acceptors (Lipinski definition) is 5. The molecule has 0 N–H and O–H groups in total. The number of thioether (sulfide) groups is 1. The minimum Gasteiger partial charge on any atom is -0.305 e. The van der Waals surface area contributed by atoms with Crippen molar-refractivity contribution in [3.05, 3.63) is 24.3 Å². The molecule has 1 heterocycles. The number of benzene rings is 1. The zero-order valence-corrected chi connectivity index (χ0v) is 17.1. The first kappa shape index (κ1) is 19.9. The van der Waals surface area contributed by atoms with Crippen LogP contribution in [0.5, 0.6) is 0 Å². The molecular formula is C17H26N4O2S2. The highest BCUT2D eigenvalue weighted by molar-refractivity contribution is 7.99. The summed E-state index contributed by atoms with van der Waals surface area (Å²) in [6.45, 7) is 8.89. The largest absolute Gasteiger partial charge is 0.305 e. The fraction of sp³-hybridized carbons (Fsp3) is 0.529. The van der Waals surface area contributed by atoms with Crippen LogP contribution in [0.4, 0.5) is 0 Å². The molecule has 0 saturated carbocycles. The fourth-order valence-corrected chi connectivity index (χ4v) is 4.81. The minimum absolute atomic E-state index is 0.285. The van der Waals surface area contributed by atoms with E-state index in [2.05, 4.69) is 24.0 Å². The zero-order chi connectivity index (χ0) is 18.6. The number of nitrogens with zero attached hydrogens (tertiary/aromatic N) is 4. The normalized spacial score (nSPS) is 12.3. The summed E-state index contributed by atoms with van der Waals surface area (Å²) in [5.74, 6) is 2.19. The van der Waals surface area contributed by atoms with Crippen LogP contribution in [-0.4, -0.2) is 46.3 Å². The average molecular weight is 383 g/mol. The third kappa shape index (κ3) is 4.43. The first-order valence-corrected chi connectivity index (χ1v) is 10.9. The van der Waals surface area contributed by atoms with Crippen LogP contribution >= 0.6 is 11.8 Å². The lowest BCUT2D eigenvalue weighted by Crippen LogP contribution is -2.30. The zero-order valence-electron chi connectivity index (χ0n) is 15.4. The Morgan fingerprint density at radius 1 is 1.20 bits per heavy atom. The Kier molecular flexibility index (Phi) is 6.65. The lowest BCUT2D eigenvalue weighted by atomic mass is 10.2. The van der Waals surface area contributed by atoms with Gasteiger partial charge in [-0.2, -0.15) is 4.31 Å². The van der Waals surface area contributed by atoms with Gasteiger partial charge in [-0.05, 0) is 18.1 Å². The molecule has 1 aromatic carbocycles. The van der Waals surface area contributed by atoms with E-state index < -0.39 is 10.0 Å². The fourth-order valence-electron chi connectivity index (χ4n) is 2.44. The van der Waals surface area contributed by atoms with Crippen LogP contribution in [0, 0.1) is 5.92 Å². The molecule has 0 radical (unpaired) electrons. The molecule has 2 rings (SSSR count). The maximum Gasteiger partial charge on any atom is 0.243 e. The molecule has 138 valence electrons. The van der Waals surface area contributed by atoms with Crippen LogP contribution in [0.1, 0.15) is 27.7 Å². The van der Waals surface area contributed by atoms with Crippen molar-refractivity contribution in [2.75, 3.05) is 18.8 Å². The molecule has 0 unspecified atom stereocenters. The van der Waals surface area contributed by atoms with Gasteiger partial charge in [-0.15, -0.1) is 10.2 Å². The molecule has 0 aliphatic rings. The van der Waals surface area contributed by atoms with E-state index in [0.717, 1.165) is 16.5 Å². The van der Waals surface area contributed by atoms with Gasteiger partial charge >= 0.3 is 0 Å². The second-order valence-electron chi connectivity index (χ2n) is 6.19. The topological polar surface area (TPSA) is 68.1 Å². The molecule has 0 amide bonds. The summed E-state index contributed by atoms with van der Waals surface area (Å²) in [6.07, 6.45) is 0. The molecule has 0 aliphatic carbocycles. The molecule has 0 saturated heterocycles. The quantitative estimate of drug-likeness (QED) is 0.656. The maximum absolute atomic E-state index is 12.7. The van der Waals surface area contributed by atoms with Crippen molar-refractivity contribution in [1.82, 2.24) is 19.1 Å². The maximum atomic E-state index is 12.7. The van der Waals surface area contributed by atoms with Gasteiger partial charge in [-0.25, -0.2) is 8.42 Å². The lowest BCUT2D eigenvalue weighted by molar-refractivity contribution is 0.445. The highest BCUT2D eigenvalue weighted by atomic mass is 32.2. The Bertz CT molecular complexity index is 812. The van der Waals surface area contributed by atoms with E-state index in [1.807, 2.05) is 31.5 Å². The van der Waals surface area contributed by atoms with Gasteiger partial charge in [0.25, 0.3) is 0 Å². The van der Waals surface area contributed by atoms with Crippen LogP contribution in [0.2, 0.25) is 0 Å². The van der Waals surface area contributed by atoms with Gasteiger partial charge in [0.1, 0.15) is 0 Å². The highest BCUT2D eigenvalue weighted by Gasteiger charge is 2.22. The Hall–Kier alpha value is -1.38. The number of rotatable bonds is 8. The SMILES string of the molecule is CCN(CC)S(=O)(=O)c1cccc(-c2nnc(SCC(C)C)n2C)c1. The second kappa shape index (κ2) is 8.33. The Morgan fingerprint density at radius 3 is 2.48 bits per heavy atom. The lowest BCUT2D eigenvalue weighted by Gasteiger charge is -2.18. The summed E-state index contributed by atoms with van der Waals surface area (Å²) in [5, 5.41) is 9.33. The Labute approximate surface area is 154 Å². The van der Waals surface area contributed by atoms with E-state index in [-0.39, 0.29) is 4.90 Å². The Balaban J connectivity index is 2.37. The van der Waals surface area contributed by atoms with Crippen LogP contribution in [0.25, 0.3) is 11.4 Å². The van der Waals surface area contributed by atoms with Gasteiger partial charge in [-0.1, -0.05) is 51.6 Å². The van der Waals surface area contributed by atoms with Crippen molar-refractivity contribution in [3.8, 4) is 11.4 Å². The summed E-state index contributed by atoms with van der Waals surface area (Å²) >= 11 is 1.66. The summed E-state index contributed by atoms with van der Waals surface area (Å²) < 4.78 is 28.8. The molecule has 0 fully saturated rings. The molecule has 0 atom stereocenters. The smallest absolute Gasteiger partial charge is 0.243 e. The van der Waals surface area contributed by atoms with Gasteiger partial charge in [0.2, 0.25) is 10.0 Å². The van der Waals surface area contributed by atoms with Gasteiger partial charge in [-0.3, -0.25) is 0 Å². The molecule has 6 nitrogen and oxygen atoms in total. The molecule has 0 spiro atoms. The molecule has 25 heavy (non-hydrogen) atoms. The van der Waals surface area contributed by atoms with Crippen LogP contribution < -0.4 is 0 Å². The third-order valence-electron chi connectivity index (χ3n) is 3.82. The van der Waals surface area contributed by atoms with E-state index in [4.69, 9.17) is 0 Å². The first-order chi connectivity index (χ1) is 11.8. The van der Waals surface area contributed by atoms with Crippen molar-refractivity contribution >= 4 is 21.8 Å². The van der Waals surface area contributed by atoms with Crippen molar-refractivity contribution < 1.29 is 8.42 Å². The van der Waals surface area contributed by atoms with Crippen LogP contribution in [-0.2, 0) is 17.1 Å². The average Bonchev–Trinajstić information content (AvgIpc) is 2.94. The van der Waals surface area contributed by atoms with E-state index in [1.165, 1.54) is 4.31 Å². The summed E-state index contributed by atoms with van der Waals surface area (Å²) in [4.78, 5) is 0.285. The third-order valence-corrected chi connectivity index (χ3v) is 7.31. The highest BCUT2D eigenvalue weighted by Crippen LogP contribution is 2.26. The summed E-state index contributed by atoms with van der Waals surface area (Å²) in [7, 11) is -1.58. The molecule has 2 aromatic rings. The van der Waals surface area contributed by atoms with Crippen molar-refractivity contribution in [3.63, 3.8) is 0 Å². The summed E-state index contributed by atoms with van der Waals surface area (Å²) in [6, 6.07) is 6.92. The van der Waals surface area contributed by atoms with Gasteiger partial charge in [0, 0.05) is 31.5 Å². The molecule has 1 aromatic heterocycles. The predicted molar refractivity (Wildman–Crippen MR) is 102 cm³/mol. The van der Waals surface area contributed by atoms with Gasteiger partial charge in [0.15, 0.2) is 11.0 Å². The van der Waals surface area contributed by atoms with Gasteiger partial charge in [0.05, 0.1) is 4.90 Å². The predicted octanol–water partition coefficient (Wildman–Crippen LogP) is 3.26. The molecule has 8 heteroatoms. The van der Waals surface area contributed by atoms with E-state index >= 15 is 0 Å². The first-order valence-electron chi connectivity index (χ1n) is 8.44.